The van der Waals surface area contributed by atoms with Crippen molar-refractivity contribution in [3.63, 3.8) is 0 Å². The summed E-state index contributed by atoms with van der Waals surface area (Å²) in [6, 6.07) is 7.23. The van der Waals surface area contributed by atoms with Crippen LogP contribution >= 0.6 is 46.4 Å². The molecule has 1 heterocycles. The van der Waals surface area contributed by atoms with Crippen molar-refractivity contribution in [2.75, 3.05) is 18.5 Å². The van der Waals surface area contributed by atoms with Gasteiger partial charge in [0.15, 0.2) is 6.61 Å². The Labute approximate surface area is 216 Å². The fraction of sp³-hybridized carbons (Fsp3) is 0.304. The molecule has 1 aliphatic rings. The minimum Gasteiger partial charge on any atom is -0.456 e. The maximum absolute atomic E-state index is 12.7. The van der Waals surface area contributed by atoms with Crippen molar-refractivity contribution in [2.45, 2.75) is 32.6 Å². The molecule has 0 fully saturated rings. The van der Waals surface area contributed by atoms with E-state index in [1.807, 2.05) is 19.1 Å². The second-order valence-electron chi connectivity index (χ2n) is 7.65. The zero-order valence-electron chi connectivity index (χ0n) is 18.1. The summed E-state index contributed by atoms with van der Waals surface area (Å²) in [6.45, 7) is 1.67. The molecule has 1 N–H and O–H groups in total. The molecule has 0 unspecified atom stereocenters. The zero-order chi connectivity index (χ0) is 25.0. The Balaban J connectivity index is 1.40. The number of rotatable bonds is 9. The van der Waals surface area contributed by atoms with E-state index in [9.17, 15) is 19.2 Å². The lowest BCUT2D eigenvalue weighted by molar-refractivity contribution is -0.147. The van der Waals surface area contributed by atoms with E-state index >= 15 is 0 Å². The van der Waals surface area contributed by atoms with Gasteiger partial charge in [-0.25, -0.2) is 0 Å². The molecular formula is C23H20Cl4N2O5. The fourth-order valence-corrected chi connectivity index (χ4v) is 4.38. The van der Waals surface area contributed by atoms with E-state index in [2.05, 4.69) is 5.32 Å². The number of ether oxygens (including phenoxy) is 1. The van der Waals surface area contributed by atoms with Gasteiger partial charge in [0.05, 0.1) is 31.2 Å². The van der Waals surface area contributed by atoms with Crippen LogP contribution in [0, 0.1) is 6.92 Å². The summed E-state index contributed by atoms with van der Waals surface area (Å²) in [5, 5.41) is 2.26. The number of aryl methyl sites for hydroxylation is 1. The average Bonchev–Trinajstić information content (AvgIpc) is 3.06. The molecule has 0 radical (unpaired) electrons. The van der Waals surface area contributed by atoms with Crippen molar-refractivity contribution in [3.05, 3.63) is 61.0 Å². The summed E-state index contributed by atoms with van der Waals surface area (Å²) in [5.74, 6) is -2.13. The molecule has 0 saturated carbocycles. The number of nitrogens with one attached hydrogen (secondary N) is 1. The molecular weight excluding hydrogens is 526 g/mol. The molecule has 0 atom stereocenters. The monoisotopic (exact) mass is 544 g/mol. The highest BCUT2D eigenvalue weighted by Crippen LogP contribution is 2.44. The molecule has 0 aromatic heterocycles. The molecule has 2 aromatic carbocycles. The number of amides is 3. The third-order valence-electron chi connectivity index (χ3n) is 5.15. The molecule has 0 bridgehead atoms. The molecule has 3 amide bonds. The van der Waals surface area contributed by atoms with Crippen LogP contribution in [0.3, 0.4) is 0 Å². The molecule has 0 saturated heterocycles. The lowest BCUT2D eigenvalue weighted by Gasteiger charge is -2.13. The largest absolute Gasteiger partial charge is 0.456 e. The molecule has 7 nitrogen and oxygen atoms in total. The van der Waals surface area contributed by atoms with Gasteiger partial charge in [0.2, 0.25) is 0 Å². The van der Waals surface area contributed by atoms with Gasteiger partial charge in [-0.3, -0.25) is 24.1 Å². The topological polar surface area (TPSA) is 92.8 Å². The van der Waals surface area contributed by atoms with E-state index in [0.29, 0.717) is 24.9 Å². The lowest BCUT2D eigenvalue weighted by Crippen LogP contribution is -2.30. The summed E-state index contributed by atoms with van der Waals surface area (Å²) in [7, 11) is 0. The predicted molar refractivity (Wildman–Crippen MR) is 131 cm³/mol. The highest BCUT2D eigenvalue weighted by atomic mass is 35.5. The van der Waals surface area contributed by atoms with E-state index < -0.39 is 23.7 Å². The molecule has 2 aromatic rings. The number of carbonyl (C=O) groups is 4. The highest BCUT2D eigenvalue weighted by molar-refractivity contribution is 6.55. The van der Waals surface area contributed by atoms with Crippen LogP contribution in [-0.4, -0.2) is 41.7 Å². The van der Waals surface area contributed by atoms with Gasteiger partial charge in [-0.15, -0.1) is 0 Å². The van der Waals surface area contributed by atoms with Gasteiger partial charge in [0.25, 0.3) is 17.7 Å². The second-order valence-corrected chi connectivity index (χ2v) is 9.17. The summed E-state index contributed by atoms with van der Waals surface area (Å²) >= 11 is 24.2. The molecule has 11 heteroatoms. The Morgan fingerprint density at radius 3 is 1.97 bits per heavy atom. The van der Waals surface area contributed by atoms with Crippen molar-refractivity contribution in [1.82, 2.24) is 4.90 Å². The number of fused-ring (bicyclic) bond motifs is 1. The van der Waals surface area contributed by atoms with Crippen molar-refractivity contribution < 1.29 is 23.9 Å². The van der Waals surface area contributed by atoms with Crippen LogP contribution in [-0.2, 0) is 14.3 Å². The Morgan fingerprint density at radius 2 is 1.41 bits per heavy atom. The Bertz CT molecular complexity index is 1100. The van der Waals surface area contributed by atoms with Gasteiger partial charge in [-0.2, -0.15) is 0 Å². The van der Waals surface area contributed by atoms with Crippen LogP contribution in [0.5, 0.6) is 0 Å². The van der Waals surface area contributed by atoms with Crippen LogP contribution in [0.2, 0.25) is 20.1 Å². The number of benzene rings is 2. The van der Waals surface area contributed by atoms with Gasteiger partial charge in [-0.05, 0) is 31.9 Å². The zero-order valence-corrected chi connectivity index (χ0v) is 21.1. The van der Waals surface area contributed by atoms with Crippen LogP contribution in [0.4, 0.5) is 5.69 Å². The van der Waals surface area contributed by atoms with Gasteiger partial charge >= 0.3 is 5.97 Å². The first-order valence-corrected chi connectivity index (χ1v) is 11.9. The minimum atomic E-state index is -0.593. The van der Waals surface area contributed by atoms with E-state index in [1.165, 1.54) is 0 Å². The van der Waals surface area contributed by atoms with E-state index in [4.69, 9.17) is 51.1 Å². The Hall–Kier alpha value is -2.32. The van der Waals surface area contributed by atoms with Gasteiger partial charge in [0.1, 0.15) is 0 Å². The number of carbonyl (C=O) groups excluding carboxylic acids is 4. The molecule has 0 spiro atoms. The van der Waals surface area contributed by atoms with Gasteiger partial charge in [-0.1, -0.05) is 70.5 Å². The van der Waals surface area contributed by atoms with Crippen LogP contribution in [0.25, 0.3) is 0 Å². The Kier molecular flexibility index (Phi) is 8.82. The number of unbranched alkanes of at least 4 members (excludes halogenated alkanes) is 2. The number of nitrogens with zero attached hydrogens (tertiary/aromatic N) is 1. The lowest BCUT2D eigenvalue weighted by atomic mass is 10.1. The SMILES string of the molecule is Cc1ccc(NC(=O)COC(=O)CCCCCN2C(=O)c3c(Cl)c(Cl)c(Cl)c(Cl)c3C2=O)cc1. The molecule has 180 valence electrons. The maximum Gasteiger partial charge on any atom is 0.306 e. The van der Waals surface area contributed by atoms with E-state index in [0.717, 1.165) is 10.5 Å². The first-order chi connectivity index (χ1) is 16.1. The second kappa shape index (κ2) is 11.4. The number of imide groups is 1. The number of hydrogen-bond acceptors (Lipinski definition) is 5. The summed E-state index contributed by atoms with van der Waals surface area (Å²) in [6.07, 6.45) is 1.55. The molecule has 0 aliphatic carbocycles. The first-order valence-electron chi connectivity index (χ1n) is 10.4. The van der Waals surface area contributed by atoms with E-state index in [-0.39, 0.29) is 50.8 Å². The van der Waals surface area contributed by atoms with Crippen molar-refractivity contribution in [2.24, 2.45) is 0 Å². The van der Waals surface area contributed by atoms with Gasteiger partial charge < -0.3 is 10.1 Å². The van der Waals surface area contributed by atoms with Crippen molar-refractivity contribution >= 4 is 75.8 Å². The summed E-state index contributed by atoms with van der Waals surface area (Å²) < 4.78 is 4.98. The van der Waals surface area contributed by atoms with E-state index in [1.54, 1.807) is 12.1 Å². The summed E-state index contributed by atoms with van der Waals surface area (Å²) in [5.41, 5.74) is 1.57. The highest BCUT2D eigenvalue weighted by Gasteiger charge is 2.41. The maximum atomic E-state index is 12.7. The van der Waals surface area contributed by atoms with Crippen LogP contribution in [0.1, 0.15) is 52.0 Å². The number of hydrogen-bond donors (Lipinski definition) is 1. The Morgan fingerprint density at radius 1 is 0.853 bits per heavy atom. The third kappa shape index (κ3) is 5.84. The number of anilines is 1. The van der Waals surface area contributed by atoms with Crippen molar-refractivity contribution in [1.29, 1.82) is 0 Å². The quantitative estimate of drug-likeness (QED) is 0.138. The standard InChI is InChI=1S/C23H20Cl4N2O5/c1-12-6-8-13(9-7-12)28-14(30)11-34-15(31)5-3-2-4-10-29-22(32)16-17(23(29)33)19(25)21(27)20(26)18(16)24/h6-9H,2-5,10-11H2,1H3,(H,28,30). The van der Waals surface area contributed by atoms with Crippen LogP contribution in [0.15, 0.2) is 24.3 Å². The molecule has 34 heavy (non-hydrogen) atoms. The minimum absolute atomic E-state index is 0.0569. The van der Waals surface area contributed by atoms with Crippen LogP contribution < -0.4 is 5.32 Å². The number of esters is 1. The third-order valence-corrected chi connectivity index (χ3v) is 6.95. The first kappa shape index (κ1) is 26.3. The normalized spacial score (nSPS) is 12.7. The predicted octanol–water partition coefficient (Wildman–Crippen LogP) is 5.95. The van der Waals surface area contributed by atoms with Gasteiger partial charge in [0, 0.05) is 18.7 Å². The molecule has 3 rings (SSSR count). The smallest absolute Gasteiger partial charge is 0.306 e. The number of halogens is 4. The fourth-order valence-electron chi connectivity index (χ4n) is 3.37. The summed E-state index contributed by atoms with van der Waals surface area (Å²) in [4.78, 5) is 50.1. The molecule has 1 aliphatic heterocycles. The van der Waals surface area contributed by atoms with Crippen molar-refractivity contribution in [3.8, 4) is 0 Å². The average molecular weight is 546 g/mol.